The molecule has 280 valence electrons. The van der Waals surface area contributed by atoms with Crippen molar-refractivity contribution < 1.29 is 0 Å². The highest BCUT2D eigenvalue weighted by atomic mass is 16.2. The predicted molar refractivity (Wildman–Crippen MR) is 237 cm³/mol. The Kier molecular flexibility index (Phi) is 5.82. The molecule has 3 aliphatic rings. The van der Waals surface area contributed by atoms with E-state index in [1.54, 1.807) is 6.07 Å². The van der Waals surface area contributed by atoms with Gasteiger partial charge >= 0.3 is 0 Å². The topological polar surface area (TPSA) is 69.9 Å². The number of hydrogen-bond acceptors (Lipinski definition) is 3. The highest BCUT2D eigenvalue weighted by Crippen LogP contribution is 2.65. The second-order valence-electron chi connectivity index (χ2n) is 16.3. The van der Waals surface area contributed by atoms with Crippen molar-refractivity contribution in [2.24, 2.45) is 0 Å². The zero-order valence-electron chi connectivity index (χ0n) is 31.9. The van der Waals surface area contributed by atoms with Crippen LogP contribution in [-0.4, -0.2) is 18.4 Å². The van der Waals surface area contributed by atoms with Gasteiger partial charge in [-0.3, -0.25) is 14.4 Å². The van der Waals surface area contributed by atoms with Gasteiger partial charge in [0.1, 0.15) is 0 Å². The van der Waals surface area contributed by atoms with Gasteiger partial charge in [-0.05, 0) is 91.5 Å². The molecule has 2 aliphatic carbocycles. The van der Waals surface area contributed by atoms with Gasteiger partial charge in [0.15, 0.2) is 0 Å². The van der Waals surface area contributed by atoms with Crippen LogP contribution in [0, 0.1) is 0 Å². The van der Waals surface area contributed by atoms with E-state index in [-0.39, 0.29) is 16.7 Å². The lowest BCUT2D eigenvalue weighted by atomic mass is 9.70. The van der Waals surface area contributed by atoms with Crippen molar-refractivity contribution in [3.05, 3.63) is 229 Å². The molecule has 1 aliphatic heterocycles. The minimum absolute atomic E-state index is 0.0204. The molecule has 0 fully saturated rings. The summed E-state index contributed by atoms with van der Waals surface area (Å²) >= 11 is 0. The fraction of sp³-hybridized carbons (Fsp3) is 0.0377. The summed E-state index contributed by atoms with van der Waals surface area (Å²) in [5, 5.41) is 1.74. The van der Waals surface area contributed by atoms with Crippen LogP contribution in [0.1, 0.15) is 27.8 Å². The van der Waals surface area contributed by atoms with E-state index in [0.717, 1.165) is 61.1 Å². The molecule has 3 aromatic heterocycles. The minimum atomic E-state index is -0.653. The summed E-state index contributed by atoms with van der Waals surface area (Å²) in [7, 11) is 0. The van der Waals surface area contributed by atoms with Crippen LogP contribution < -0.4 is 16.7 Å². The largest absolute Gasteiger partial charge is 0.282 e. The molecule has 14 rings (SSSR count). The number of nitrogens with zero attached hydrogens (tertiary/aromatic N) is 4. The van der Waals surface area contributed by atoms with E-state index < -0.39 is 5.41 Å². The highest BCUT2D eigenvalue weighted by Gasteiger charge is 2.53. The summed E-state index contributed by atoms with van der Waals surface area (Å²) < 4.78 is 7.10. The fourth-order valence-electron chi connectivity index (χ4n) is 11.4. The van der Waals surface area contributed by atoms with Crippen molar-refractivity contribution >= 4 is 32.7 Å². The van der Waals surface area contributed by atoms with Crippen molar-refractivity contribution in [1.29, 1.82) is 0 Å². The Morgan fingerprint density at radius 2 is 0.867 bits per heavy atom. The molecule has 8 aromatic carbocycles. The Morgan fingerprint density at radius 1 is 0.383 bits per heavy atom. The van der Waals surface area contributed by atoms with Crippen LogP contribution in [0.25, 0.3) is 82.9 Å². The summed E-state index contributed by atoms with van der Waals surface area (Å²) in [5.41, 5.74) is 16.7. The van der Waals surface area contributed by atoms with Crippen LogP contribution in [-0.2, 0) is 12.0 Å². The normalized spacial score (nSPS) is 15.5. The van der Waals surface area contributed by atoms with Crippen LogP contribution in [0.3, 0.4) is 0 Å². The monoisotopic (exact) mass is 770 g/mol. The van der Waals surface area contributed by atoms with Gasteiger partial charge in [-0.15, -0.1) is 0 Å². The Morgan fingerprint density at radius 3 is 1.58 bits per heavy atom. The molecule has 1 unspecified atom stereocenters. The SMILES string of the molecule is O=c1c2ccccc2n2n1Cc1cccc(-c3cccc4c3-c3ccccc3C43c4ccccc4-c4c(-c5cccc6c(=O)n7c(=O)c8ccccc8n7c56)cccc43)c1-2. The molecule has 0 radical (unpaired) electrons. The van der Waals surface area contributed by atoms with Gasteiger partial charge in [-0.2, -0.15) is 4.52 Å². The Hall–Kier alpha value is -8.03. The first kappa shape index (κ1) is 32.0. The van der Waals surface area contributed by atoms with Gasteiger partial charge in [0.25, 0.3) is 16.7 Å². The lowest BCUT2D eigenvalue weighted by Gasteiger charge is -2.30. The molecular weight excluding hydrogens is 741 g/mol. The van der Waals surface area contributed by atoms with Gasteiger partial charge in [0.2, 0.25) is 0 Å². The third-order valence-corrected chi connectivity index (χ3v) is 13.6. The van der Waals surface area contributed by atoms with E-state index >= 15 is 0 Å². The zero-order chi connectivity index (χ0) is 39.6. The molecule has 1 atom stereocenters. The average Bonchev–Trinajstić information content (AvgIpc) is 4.11. The number of fused-ring (bicyclic) bond motifs is 20. The average molecular weight is 771 g/mol. The van der Waals surface area contributed by atoms with E-state index in [9.17, 15) is 14.4 Å². The lowest BCUT2D eigenvalue weighted by Crippen LogP contribution is -2.25. The van der Waals surface area contributed by atoms with E-state index in [1.165, 1.54) is 37.9 Å². The number of aromatic nitrogens is 4. The Balaban J connectivity index is 1.08. The number of hydrogen-bond donors (Lipinski definition) is 0. The predicted octanol–water partition coefficient (Wildman–Crippen LogP) is 9.65. The quantitative estimate of drug-likeness (QED) is 0.176. The number of rotatable bonds is 2. The van der Waals surface area contributed by atoms with E-state index in [0.29, 0.717) is 22.8 Å². The third kappa shape index (κ3) is 3.54. The second-order valence-corrected chi connectivity index (χ2v) is 16.3. The first-order valence-electron chi connectivity index (χ1n) is 20.3. The first-order chi connectivity index (χ1) is 29.6. The molecule has 0 amide bonds. The van der Waals surface area contributed by atoms with Crippen LogP contribution in [0.4, 0.5) is 0 Å². The van der Waals surface area contributed by atoms with Crippen molar-refractivity contribution in [2.75, 3.05) is 0 Å². The van der Waals surface area contributed by atoms with Gasteiger partial charge < -0.3 is 0 Å². The highest BCUT2D eigenvalue weighted by molar-refractivity contribution is 6.07. The Labute approximate surface area is 340 Å². The van der Waals surface area contributed by atoms with Crippen LogP contribution >= 0.6 is 0 Å². The third-order valence-electron chi connectivity index (χ3n) is 13.6. The number of benzene rings is 8. The maximum atomic E-state index is 14.0. The lowest BCUT2D eigenvalue weighted by molar-refractivity contribution is 0.650. The molecule has 0 bridgehead atoms. The molecule has 4 heterocycles. The maximum Gasteiger partial charge on any atom is 0.282 e. The van der Waals surface area contributed by atoms with Crippen LogP contribution in [0.15, 0.2) is 184 Å². The van der Waals surface area contributed by atoms with Crippen LogP contribution in [0.5, 0.6) is 0 Å². The molecule has 11 aromatic rings. The van der Waals surface area contributed by atoms with E-state index in [1.807, 2.05) is 63.8 Å². The van der Waals surface area contributed by atoms with E-state index in [4.69, 9.17) is 0 Å². The summed E-state index contributed by atoms with van der Waals surface area (Å²) in [4.78, 5) is 41.5. The van der Waals surface area contributed by atoms with Gasteiger partial charge in [0.05, 0.1) is 50.4 Å². The van der Waals surface area contributed by atoms with Crippen molar-refractivity contribution in [1.82, 2.24) is 18.4 Å². The smallest absolute Gasteiger partial charge is 0.267 e. The molecule has 0 N–H and O–H groups in total. The van der Waals surface area contributed by atoms with Gasteiger partial charge in [-0.1, -0.05) is 140 Å². The molecule has 7 nitrogen and oxygen atoms in total. The summed E-state index contributed by atoms with van der Waals surface area (Å²) in [6.07, 6.45) is 0. The molecule has 60 heavy (non-hydrogen) atoms. The number of para-hydroxylation sites is 4. The summed E-state index contributed by atoms with van der Waals surface area (Å²) in [6, 6.07) is 58.5. The minimum Gasteiger partial charge on any atom is -0.267 e. The summed E-state index contributed by atoms with van der Waals surface area (Å²) in [6.45, 7) is 0.513. The molecule has 0 saturated carbocycles. The summed E-state index contributed by atoms with van der Waals surface area (Å²) in [5.74, 6) is 0. The fourth-order valence-corrected chi connectivity index (χ4v) is 11.4. The second kappa shape index (κ2) is 10.9. The van der Waals surface area contributed by atoms with Crippen LogP contribution in [0.2, 0.25) is 0 Å². The van der Waals surface area contributed by atoms with Crippen molar-refractivity contribution in [3.8, 4) is 50.2 Å². The molecule has 7 heteroatoms. The Bertz CT molecular complexity index is 3960. The molecule has 0 saturated heterocycles. The molecule has 1 spiro atoms. The molecular formula is C53H30N4O3. The maximum absolute atomic E-state index is 14.0. The standard InChI is InChI=1S/C53H30N4O3/c58-50-37-16-3-7-27-44(37)55-48-30(29-54(50)55)13-9-20-33(48)31-18-11-25-42-46(31)35-14-1-5-23-40(35)53(42)41-24-6-2-15-36(41)47-32(19-12-26-43(47)53)34-21-10-22-39-49(34)56-45-28-8-4-17-38(45)51(59)57(56)52(39)60/h1-28H,29H2. The van der Waals surface area contributed by atoms with E-state index in [2.05, 4.69) is 114 Å². The van der Waals surface area contributed by atoms with Crippen molar-refractivity contribution in [2.45, 2.75) is 12.0 Å². The van der Waals surface area contributed by atoms with Gasteiger partial charge in [0, 0.05) is 11.1 Å². The zero-order valence-corrected chi connectivity index (χ0v) is 31.9. The van der Waals surface area contributed by atoms with Gasteiger partial charge in [-0.25, -0.2) is 13.9 Å². The van der Waals surface area contributed by atoms with Crippen molar-refractivity contribution in [3.63, 3.8) is 0 Å². The first-order valence-corrected chi connectivity index (χ1v) is 20.3.